The summed E-state index contributed by atoms with van der Waals surface area (Å²) >= 11 is 0. The van der Waals surface area contributed by atoms with E-state index < -0.39 is 22.1 Å². The Morgan fingerprint density at radius 3 is 2.58 bits per heavy atom. The molecule has 1 aliphatic rings. The number of nitro benzene ring substituents is 1. The Kier molecular flexibility index (Phi) is 5.85. The summed E-state index contributed by atoms with van der Waals surface area (Å²) in [5.74, 6) is 1.35. The van der Waals surface area contributed by atoms with E-state index >= 15 is 0 Å². The molecule has 1 saturated heterocycles. The number of rotatable bonds is 6. The van der Waals surface area contributed by atoms with Crippen LogP contribution >= 0.6 is 0 Å². The molecular weight excluding hydrogens is 342 g/mol. The number of carbonyl (C=O) groups is 1. The third-order valence-corrected chi connectivity index (χ3v) is 3.90. The zero-order valence-corrected chi connectivity index (χ0v) is 14.9. The molecule has 1 aromatic rings. The van der Waals surface area contributed by atoms with E-state index in [1.165, 1.54) is 18.2 Å². The molecular formula is C18H21NO7. The number of terminal acetylenes is 1. The average molecular weight is 363 g/mol. The van der Waals surface area contributed by atoms with Gasteiger partial charge in [-0.25, -0.2) is 0 Å². The summed E-state index contributed by atoms with van der Waals surface area (Å²) in [6.07, 6.45) is 5.13. The molecule has 0 aromatic heterocycles. The van der Waals surface area contributed by atoms with Crippen molar-refractivity contribution in [1.82, 2.24) is 0 Å². The van der Waals surface area contributed by atoms with Crippen LogP contribution in [0, 0.1) is 27.9 Å². The van der Waals surface area contributed by atoms with Crippen molar-refractivity contribution >= 4 is 11.7 Å². The second-order valence-electron chi connectivity index (χ2n) is 6.65. The third-order valence-electron chi connectivity index (χ3n) is 3.90. The summed E-state index contributed by atoms with van der Waals surface area (Å²) in [7, 11) is 0. The fraction of sp³-hybridized carbons (Fsp3) is 0.500. The number of benzene rings is 1. The van der Waals surface area contributed by atoms with Crippen LogP contribution in [-0.4, -0.2) is 36.5 Å². The highest BCUT2D eigenvalue weighted by Crippen LogP contribution is 2.31. The molecule has 140 valence electrons. The van der Waals surface area contributed by atoms with Crippen LogP contribution in [0.4, 0.5) is 5.69 Å². The first-order chi connectivity index (χ1) is 12.2. The molecule has 1 aliphatic heterocycles. The Labute approximate surface area is 151 Å². The predicted octanol–water partition coefficient (Wildman–Crippen LogP) is 2.44. The summed E-state index contributed by atoms with van der Waals surface area (Å²) in [6.45, 7) is 5.18. The van der Waals surface area contributed by atoms with Gasteiger partial charge in [0.2, 0.25) is 0 Å². The average Bonchev–Trinajstić information content (AvgIpc) is 2.60. The van der Waals surface area contributed by atoms with E-state index in [1.807, 2.05) is 0 Å². The maximum absolute atomic E-state index is 12.4. The Balaban J connectivity index is 2.09. The smallest absolute Gasteiger partial charge is 0.316 e. The van der Waals surface area contributed by atoms with Gasteiger partial charge in [0.15, 0.2) is 5.79 Å². The lowest BCUT2D eigenvalue weighted by Gasteiger charge is -2.39. The topological polar surface area (TPSA) is 97.1 Å². The van der Waals surface area contributed by atoms with Gasteiger partial charge in [-0.05, 0) is 32.9 Å². The van der Waals surface area contributed by atoms with E-state index in [9.17, 15) is 14.9 Å². The van der Waals surface area contributed by atoms with Gasteiger partial charge in [0.25, 0.3) is 5.69 Å². The molecule has 0 saturated carbocycles. The summed E-state index contributed by atoms with van der Waals surface area (Å²) < 4.78 is 21.6. The maximum Gasteiger partial charge on any atom is 0.316 e. The van der Waals surface area contributed by atoms with E-state index in [0.29, 0.717) is 5.75 Å². The first kappa shape index (κ1) is 19.7. The van der Waals surface area contributed by atoms with Crippen molar-refractivity contribution in [2.75, 3.05) is 19.8 Å². The molecule has 0 atom stereocenters. The predicted molar refractivity (Wildman–Crippen MR) is 91.3 cm³/mol. The monoisotopic (exact) mass is 363 g/mol. The Bertz CT molecular complexity index is 726. The van der Waals surface area contributed by atoms with E-state index in [1.54, 1.807) is 20.8 Å². The molecule has 0 aliphatic carbocycles. The van der Waals surface area contributed by atoms with Crippen LogP contribution in [0.25, 0.3) is 0 Å². The minimum Gasteiger partial charge on any atom is -0.481 e. The number of ether oxygens (including phenoxy) is 4. The molecule has 8 heteroatoms. The van der Waals surface area contributed by atoms with Gasteiger partial charge in [0.05, 0.1) is 23.7 Å². The van der Waals surface area contributed by atoms with Crippen molar-refractivity contribution in [3.05, 3.63) is 33.9 Å². The number of esters is 1. The summed E-state index contributed by atoms with van der Waals surface area (Å²) in [6, 6.07) is 4.15. The standard InChI is InChI=1S/C18H21NO7/c1-5-8-23-14-6-7-15(19(21)22)13(9-14)10-24-16(20)18(4)11-25-17(2,3)26-12-18/h1,6-7,9H,8,10-12H2,2-4H3. The molecule has 0 amide bonds. The van der Waals surface area contributed by atoms with Crippen molar-refractivity contribution < 1.29 is 28.7 Å². The van der Waals surface area contributed by atoms with Crippen molar-refractivity contribution in [2.45, 2.75) is 33.2 Å². The maximum atomic E-state index is 12.4. The molecule has 8 nitrogen and oxygen atoms in total. The molecule has 1 fully saturated rings. The molecule has 1 aromatic carbocycles. The van der Waals surface area contributed by atoms with Crippen LogP contribution in [0.15, 0.2) is 18.2 Å². The lowest BCUT2D eigenvalue weighted by molar-refractivity contribution is -0.385. The summed E-state index contributed by atoms with van der Waals surface area (Å²) in [4.78, 5) is 23.1. The number of hydrogen-bond acceptors (Lipinski definition) is 7. The van der Waals surface area contributed by atoms with Gasteiger partial charge in [-0.3, -0.25) is 14.9 Å². The molecule has 0 spiro atoms. The van der Waals surface area contributed by atoms with Gasteiger partial charge in [-0.1, -0.05) is 5.92 Å². The number of nitrogens with zero attached hydrogens (tertiary/aromatic N) is 1. The fourth-order valence-corrected chi connectivity index (χ4v) is 2.26. The van der Waals surface area contributed by atoms with Gasteiger partial charge in [-0.2, -0.15) is 0 Å². The minimum absolute atomic E-state index is 0.0274. The van der Waals surface area contributed by atoms with Gasteiger partial charge < -0.3 is 18.9 Å². The van der Waals surface area contributed by atoms with Crippen LogP contribution < -0.4 is 4.74 Å². The zero-order chi connectivity index (χ0) is 19.4. The zero-order valence-electron chi connectivity index (χ0n) is 14.9. The largest absolute Gasteiger partial charge is 0.481 e. The second-order valence-corrected chi connectivity index (χ2v) is 6.65. The van der Waals surface area contributed by atoms with Crippen LogP contribution in [-0.2, 0) is 25.6 Å². The minimum atomic E-state index is -0.984. The highest BCUT2D eigenvalue weighted by molar-refractivity contribution is 5.77. The van der Waals surface area contributed by atoms with Crippen molar-refractivity contribution in [3.63, 3.8) is 0 Å². The Hall–Kier alpha value is -2.63. The van der Waals surface area contributed by atoms with Crippen LogP contribution in [0.5, 0.6) is 5.75 Å². The third kappa shape index (κ3) is 4.71. The first-order valence-corrected chi connectivity index (χ1v) is 7.95. The molecule has 0 radical (unpaired) electrons. The Morgan fingerprint density at radius 1 is 1.35 bits per heavy atom. The second kappa shape index (κ2) is 7.72. The van der Waals surface area contributed by atoms with Crippen molar-refractivity contribution in [3.8, 4) is 18.1 Å². The number of nitro groups is 1. The quantitative estimate of drug-likeness (QED) is 0.331. The van der Waals surface area contributed by atoms with Crippen LogP contribution in [0.2, 0.25) is 0 Å². The number of carbonyl (C=O) groups excluding carboxylic acids is 1. The van der Waals surface area contributed by atoms with Gasteiger partial charge in [0.1, 0.15) is 24.4 Å². The summed E-state index contributed by atoms with van der Waals surface area (Å²) in [5, 5.41) is 11.2. The highest BCUT2D eigenvalue weighted by Gasteiger charge is 2.43. The lowest BCUT2D eigenvalue weighted by atomic mass is 9.92. The Morgan fingerprint density at radius 2 is 2.00 bits per heavy atom. The highest BCUT2D eigenvalue weighted by atomic mass is 16.7. The van der Waals surface area contributed by atoms with Crippen molar-refractivity contribution in [2.24, 2.45) is 5.41 Å². The van der Waals surface area contributed by atoms with E-state index in [2.05, 4.69) is 5.92 Å². The van der Waals surface area contributed by atoms with Crippen LogP contribution in [0.3, 0.4) is 0 Å². The SMILES string of the molecule is C#CCOc1ccc([N+](=O)[O-])c(COC(=O)C2(C)COC(C)(C)OC2)c1. The molecule has 0 N–H and O–H groups in total. The van der Waals surface area contributed by atoms with E-state index in [0.717, 1.165) is 0 Å². The van der Waals surface area contributed by atoms with Crippen molar-refractivity contribution in [1.29, 1.82) is 0 Å². The van der Waals surface area contributed by atoms with E-state index in [4.69, 9.17) is 25.4 Å². The number of hydrogen-bond donors (Lipinski definition) is 0. The molecule has 0 bridgehead atoms. The molecule has 1 heterocycles. The van der Waals surface area contributed by atoms with E-state index in [-0.39, 0.29) is 37.7 Å². The van der Waals surface area contributed by atoms with Gasteiger partial charge >= 0.3 is 5.97 Å². The molecule has 0 unspecified atom stereocenters. The van der Waals surface area contributed by atoms with Gasteiger partial charge in [0, 0.05) is 6.07 Å². The first-order valence-electron chi connectivity index (χ1n) is 7.95. The molecule has 26 heavy (non-hydrogen) atoms. The summed E-state index contributed by atoms with van der Waals surface area (Å²) in [5.41, 5.74) is -0.949. The van der Waals surface area contributed by atoms with Gasteiger partial charge in [-0.15, -0.1) is 6.42 Å². The van der Waals surface area contributed by atoms with Crippen LogP contribution in [0.1, 0.15) is 26.3 Å². The molecule has 2 rings (SSSR count). The lowest BCUT2D eigenvalue weighted by Crippen LogP contribution is -2.49. The normalized spacial score (nSPS) is 17.8. The fourth-order valence-electron chi connectivity index (χ4n) is 2.26.